The van der Waals surface area contributed by atoms with Gasteiger partial charge in [-0.05, 0) is 24.2 Å². The number of hydrogen-bond acceptors (Lipinski definition) is 7. The van der Waals surface area contributed by atoms with Crippen molar-refractivity contribution in [2.45, 2.75) is 13.5 Å². The zero-order valence-corrected chi connectivity index (χ0v) is 19.8. The van der Waals surface area contributed by atoms with Crippen LogP contribution < -0.4 is 10.2 Å². The van der Waals surface area contributed by atoms with Crippen molar-refractivity contribution in [3.63, 3.8) is 0 Å². The molecule has 0 saturated carbocycles. The van der Waals surface area contributed by atoms with Crippen LogP contribution >= 0.6 is 23.2 Å². The highest BCUT2D eigenvalue weighted by molar-refractivity contribution is 6.35. The zero-order chi connectivity index (χ0) is 22.8. The highest BCUT2D eigenvalue weighted by Gasteiger charge is 2.18. The van der Waals surface area contributed by atoms with Gasteiger partial charge in [-0.1, -0.05) is 36.2 Å². The van der Waals surface area contributed by atoms with Gasteiger partial charge < -0.3 is 15.1 Å². The van der Waals surface area contributed by atoms with Gasteiger partial charge in [-0.25, -0.2) is 15.0 Å². The Hall–Kier alpha value is -2.94. The van der Waals surface area contributed by atoms with Crippen molar-refractivity contribution < 1.29 is 0 Å². The maximum Gasteiger partial charge on any atom is 0.225 e. The van der Waals surface area contributed by atoms with Crippen molar-refractivity contribution >= 4 is 40.6 Å². The topological polar surface area (TPSA) is 74.5 Å². The molecule has 1 aliphatic rings. The molecule has 0 radical (unpaired) electrons. The fraction of sp³-hybridized carbons (Fsp3) is 0.304. The highest BCUT2D eigenvalue weighted by Crippen LogP contribution is 2.25. The van der Waals surface area contributed by atoms with Crippen LogP contribution in [0.15, 0.2) is 48.9 Å². The van der Waals surface area contributed by atoms with Crippen LogP contribution in [0.3, 0.4) is 0 Å². The van der Waals surface area contributed by atoms with Gasteiger partial charge in [-0.2, -0.15) is 9.61 Å². The van der Waals surface area contributed by atoms with E-state index < -0.39 is 0 Å². The summed E-state index contributed by atoms with van der Waals surface area (Å²) in [6, 6.07) is 9.29. The second-order valence-electron chi connectivity index (χ2n) is 7.91. The quantitative estimate of drug-likeness (QED) is 0.440. The minimum absolute atomic E-state index is 0.521. The molecule has 0 amide bonds. The van der Waals surface area contributed by atoms with Crippen molar-refractivity contribution in [3.8, 4) is 11.3 Å². The molecular weight excluding hydrogens is 459 g/mol. The number of nitrogens with one attached hydrogen (secondary N) is 1. The third kappa shape index (κ3) is 4.73. The number of nitrogens with zero attached hydrogens (tertiary/aromatic N) is 7. The van der Waals surface area contributed by atoms with Crippen molar-refractivity contribution in [2.75, 3.05) is 42.9 Å². The molecule has 1 fully saturated rings. The predicted molar refractivity (Wildman–Crippen MR) is 132 cm³/mol. The molecule has 0 unspecified atom stereocenters. The van der Waals surface area contributed by atoms with E-state index in [0.717, 1.165) is 67.0 Å². The first-order valence-electron chi connectivity index (χ1n) is 10.9. The lowest BCUT2D eigenvalue weighted by atomic mass is 10.2. The van der Waals surface area contributed by atoms with Crippen molar-refractivity contribution in [2.24, 2.45) is 0 Å². The first kappa shape index (κ1) is 21.9. The van der Waals surface area contributed by atoms with Crippen molar-refractivity contribution in [1.82, 2.24) is 29.5 Å². The van der Waals surface area contributed by atoms with Crippen LogP contribution in [0.5, 0.6) is 0 Å². The number of piperazine rings is 1. The number of hydrogen-bond donors (Lipinski definition) is 1. The second kappa shape index (κ2) is 9.51. The van der Waals surface area contributed by atoms with Gasteiger partial charge in [0.05, 0.1) is 11.9 Å². The van der Waals surface area contributed by atoms with Crippen LogP contribution in [0.4, 0.5) is 11.8 Å². The minimum Gasteiger partial charge on any atom is -0.366 e. The SMILES string of the molecule is CCN1CCN(c2ncc(-c3cc(NCc4ccc(Cl)cc4Cl)n4nccc4n3)cn2)CC1. The summed E-state index contributed by atoms with van der Waals surface area (Å²) in [5.74, 6) is 1.56. The van der Waals surface area contributed by atoms with E-state index in [4.69, 9.17) is 28.2 Å². The average Bonchev–Trinajstić information content (AvgIpc) is 3.32. The fourth-order valence-electron chi connectivity index (χ4n) is 3.92. The van der Waals surface area contributed by atoms with Crippen molar-refractivity contribution in [3.05, 3.63) is 64.5 Å². The summed E-state index contributed by atoms with van der Waals surface area (Å²) in [7, 11) is 0. The number of benzene rings is 1. The van der Waals surface area contributed by atoms with Gasteiger partial charge in [-0.15, -0.1) is 0 Å². The Balaban J connectivity index is 1.37. The molecule has 10 heteroatoms. The summed E-state index contributed by atoms with van der Waals surface area (Å²) in [4.78, 5) is 18.6. The van der Waals surface area contributed by atoms with Gasteiger partial charge in [-0.3, -0.25) is 0 Å². The summed E-state index contributed by atoms with van der Waals surface area (Å²) in [6.07, 6.45) is 5.40. The van der Waals surface area contributed by atoms with Crippen LogP contribution in [-0.2, 0) is 6.54 Å². The van der Waals surface area contributed by atoms with Gasteiger partial charge in [0.1, 0.15) is 5.82 Å². The Morgan fingerprint density at radius 2 is 1.79 bits per heavy atom. The van der Waals surface area contributed by atoms with Crippen LogP contribution in [0, 0.1) is 0 Å². The van der Waals surface area contributed by atoms with E-state index in [2.05, 4.69) is 37.1 Å². The normalized spacial score (nSPS) is 14.7. The first-order valence-corrected chi connectivity index (χ1v) is 11.7. The van der Waals surface area contributed by atoms with Gasteiger partial charge in [0, 0.05) is 72.9 Å². The molecule has 1 N–H and O–H groups in total. The van der Waals surface area contributed by atoms with Gasteiger partial charge >= 0.3 is 0 Å². The number of rotatable bonds is 6. The van der Waals surface area contributed by atoms with Crippen LogP contribution in [-0.4, -0.2) is 62.2 Å². The number of aromatic nitrogens is 5. The molecule has 8 nitrogen and oxygen atoms in total. The lowest BCUT2D eigenvalue weighted by Crippen LogP contribution is -2.46. The fourth-order valence-corrected chi connectivity index (χ4v) is 4.39. The van der Waals surface area contributed by atoms with E-state index in [1.807, 2.05) is 36.7 Å². The summed E-state index contributed by atoms with van der Waals surface area (Å²) < 4.78 is 1.76. The molecule has 170 valence electrons. The smallest absolute Gasteiger partial charge is 0.225 e. The first-order chi connectivity index (χ1) is 16.1. The van der Waals surface area contributed by atoms with Crippen LogP contribution in [0.2, 0.25) is 10.0 Å². The van der Waals surface area contributed by atoms with E-state index in [9.17, 15) is 0 Å². The Morgan fingerprint density at radius 1 is 1.00 bits per heavy atom. The molecule has 0 bridgehead atoms. The van der Waals surface area contributed by atoms with Crippen molar-refractivity contribution in [1.29, 1.82) is 0 Å². The Bertz CT molecular complexity index is 1250. The molecule has 0 aliphatic carbocycles. The summed E-state index contributed by atoms with van der Waals surface area (Å²) in [5.41, 5.74) is 3.30. The van der Waals surface area contributed by atoms with E-state index in [1.165, 1.54) is 0 Å². The third-order valence-electron chi connectivity index (χ3n) is 5.87. The molecule has 5 rings (SSSR count). The number of likely N-dealkylation sites (N-methyl/N-ethyl adjacent to an activating group) is 1. The molecule has 1 saturated heterocycles. The number of anilines is 2. The standard InChI is InChI=1S/C23H24Cl2N8/c1-2-31-7-9-32(10-8-31)23-27-14-17(15-28-23)20-12-22(33-21(30-20)5-6-29-33)26-13-16-3-4-18(24)11-19(16)25/h3-6,11-12,14-15,26H,2,7-10,13H2,1H3. The van der Waals surface area contributed by atoms with Gasteiger partial charge in [0.15, 0.2) is 5.65 Å². The van der Waals surface area contributed by atoms with E-state index in [0.29, 0.717) is 16.6 Å². The molecule has 33 heavy (non-hydrogen) atoms. The Kier molecular flexibility index (Phi) is 6.30. The molecule has 0 spiro atoms. The minimum atomic E-state index is 0.521. The van der Waals surface area contributed by atoms with Gasteiger partial charge in [0.25, 0.3) is 0 Å². The predicted octanol–water partition coefficient (Wildman–Crippen LogP) is 4.25. The molecule has 1 aromatic carbocycles. The lowest BCUT2D eigenvalue weighted by Gasteiger charge is -2.33. The number of halogens is 2. The monoisotopic (exact) mass is 482 g/mol. The van der Waals surface area contributed by atoms with Crippen LogP contribution in [0.25, 0.3) is 16.9 Å². The highest BCUT2D eigenvalue weighted by atomic mass is 35.5. The maximum atomic E-state index is 6.33. The van der Waals surface area contributed by atoms with Crippen LogP contribution in [0.1, 0.15) is 12.5 Å². The van der Waals surface area contributed by atoms with E-state index in [-0.39, 0.29) is 0 Å². The Morgan fingerprint density at radius 3 is 2.52 bits per heavy atom. The Labute approximate surface area is 202 Å². The third-order valence-corrected chi connectivity index (χ3v) is 6.46. The molecule has 4 heterocycles. The van der Waals surface area contributed by atoms with E-state index in [1.54, 1.807) is 16.8 Å². The molecular formula is C23H24Cl2N8. The lowest BCUT2D eigenvalue weighted by molar-refractivity contribution is 0.270. The molecule has 4 aromatic rings. The summed E-state index contributed by atoms with van der Waals surface area (Å²) >= 11 is 12.3. The largest absolute Gasteiger partial charge is 0.366 e. The molecule has 0 atom stereocenters. The summed E-state index contributed by atoms with van der Waals surface area (Å²) in [5, 5.41) is 9.03. The second-order valence-corrected chi connectivity index (χ2v) is 8.75. The number of fused-ring (bicyclic) bond motifs is 1. The maximum absolute atomic E-state index is 6.33. The van der Waals surface area contributed by atoms with E-state index >= 15 is 0 Å². The zero-order valence-electron chi connectivity index (χ0n) is 18.2. The van der Waals surface area contributed by atoms with Gasteiger partial charge in [0.2, 0.25) is 5.95 Å². The molecule has 1 aliphatic heterocycles. The average molecular weight is 483 g/mol. The molecule has 3 aromatic heterocycles. The summed E-state index contributed by atoms with van der Waals surface area (Å²) in [6.45, 7) is 7.74.